The molecular formula is C14H16Br2N2O. The van der Waals surface area contributed by atoms with Crippen molar-refractivity contribution in [3.8, 4) is 11.3 Å². The van der Waals surface area contributed by atoms with Gasteiger partial charge in [0.05, 0.1) is 0 Å². The molecule has 5 heteroatoms. The Morgan fingerprint density at radius 1 is 1.32 bits per heavy atom. The molecule has 2 aromatic rings. The zero-order valence-electron chi connectivity index (χ0n) is 10.9. The summed E-state index contributed by atoms with van der Waals surface area (Å²) in [5.74, 6) is 1.44. The van der Waals surface area contributed by atoms with Gasteiger partial charge in [-0.25, -0.2) is 4.98 Å². The second kappa shape index (κ2) is 6.68. The van der Waals surface area contributed by atoms with E-state index < -0.39 is 0 Å². The Balaban J connectivity index is 2.19. The van der Waals surface area contributed by atoms with Crippen LogP contribution in [-0.2, 0) is 6.54 Å². The normalized spacial score (nSPS) is 11.2. The molecule has 1 aromatic carbocycles. The zero-order chi connectivity index (χ0) is 13.8. The molecule has 0 aliphatic heterocycles. The second-order valence-corrected chi connectivity index (χ2v) is 6.55. The molecule has 0 saturated heterocycles. The molecule has 3 nitrogen and oxygen atoms in total. The van der Waals surface area contributed by atoms with E-state index in [1.54, 1.807) is 0 Å². The lowest BCUT2D eigenvalue weighted by Gasteiger charge is -2.07. The van der Waals surface area contributed by atoms with Gasteiger partial charge in [-0.15, -0.1) is 0 Å². The van der Waals surface area contributed by atoms with E-state index in [0.717, 1.165) is 32.5 Å². The average Bonchev–Trinajstić information content (AvgIpc) is 2.77. The maximum absolute atomic E-state index is 5.53. The highest BCUT2D eigenvalue weighted by atomic mass is 79.9. The Morgan fingerprint density at radius 3 is 2.79 bits per heavy atom. The molecule has 0 amide bonds. The van der Waals surface area contributed by atoms with E-state index in [2.05, 4.69) is 56.0 Å². The Labute approximate surface area is 130 Å². The Kier molecular flexibility index (Phi) is 5.19. The van der Waals surface area contributed by atoms with Crippen molar-refractivity contribution in [2.75, 3.05) is 6.54 Å². The zero-order valence-corrected chi connectivity index (χ0v) is 14.1. The predicted molar refractivity (Wildman–Crippen MR) is 83.9 cm³/mol. The van der Waals surface area contributed by atoms with Crippen molar-refractivity contribution in [1.82, 2.24) is 10.3 Å². The van der Waals surface area contributed by atoms with Crippen LogP contribution in [0, 0.1) is 5.92 Å². The molecule has 0 aliphatic rings. The van der Waals surface area contributed by atoms with E-state index in [4.69, 9.17) is 4.42 Å². The van der Waals surface area contributed by atoms with Crippen molar-refractivity contribution in [3.63, 3.8) is 0 Å². The minimum absolute atomic E-state index is 0.620. The predicted octanol–water partition coefficient (Wildman–Crippen LogP) is 4.61. The first-order chi connectivity index (χ1) is 9.08. The van der Waals surface area contributed by atoms with Crippen molar-refractivity contribution < 1.29 is 4.42 Å². The molecule has 19 heavy (non-hydrogen) atoms. The minimum atomic E-state index is 0.620. The first-order valence-electron chi connectivity index (χ1n) is 6.16. The first-order valence-corrected chi connectivity index (χ1v) is 7.75. The van der Waals surface area contributed by atoms with Crippen LogP contribution in [0.25, 0.3) is 11.3 Å². The first kappa shape index (κ1) is 14.8. The topological polar surface area (TPSA) is 38.1 Å². The SMILES string of the molecule is CC(C)CNCc1ncoc1-c1ccc(Br)cc1Br. The molecule has 0 bridgehead atoms. The number of aromatic nitrogens is 1. The van der Waals surface area contributed by atoms with E-state index in [-0.39, 0.29) is 0 Å². The molecule has 1 N–H and O–H groups in total. The third kappa shape index (κ3) is 3.91. The summed E-state index contributed by atoms with van der Waals surface area (Å²) in [4.78, 5) is 4.29. The van der Waals surface area contributed by atoms with Crippen LogP contribution in [0.15, 0.2) is 38.0 Å². The van der Waals surface area contributed by atoms with Crippen LogP contribution in [-0.4, -0.2) is 11.5 Å². The number of oxazole rings is 1. The van der Waals surface area contributed by atoms with E-state index in [1.807, 2.05) is 18.2 Å². The summed E-state index contributed by atoms with van der Waals surface area (Å²) in [5, 5.41) is 3.38. The number of nitrogens with one attached hydrogen (secondary N) is 1. The summed E-state index contributed by atoms with van der Waals surface area (Å²) in [7, 11) is 0. The third-order valence-corrected chi connectivity index (χ3v) is 3.81. The summed E-state index contributed by atoms with van der Waals surface area (Å²) in [6.07, 6.45) is 1.50. The van der Waals surface area contributed by atoms with E-state index in [9.17, 15) is 0 Å². The number of hydrogen-bond acceptors (Lipinski definition) is 3. The second-order valence-electron chi connectivity index (χ2n) is 4.78. The lowest BCUT2D eigenvalue weighted by atomic mass is 10.1. The van der Waals surface area contributed by atoms with Crippen molar-refractivity contribution >= 4 is 31.9 Å². The fraction of sp³-hybridized carbons (Fsp3) is 0.357. The van der Waals surface area contributed by atoms with Crippen LogP contribution >= 0.6 is 31.9 Å². The molecule has 0 fully saturated rings. The van der Waals surface area contributed by atoms with Gasteiger partial charge in [0.25, 0.3) is 0 Å². The minimum Gasteiger partial charge on any atom is -0.443 e. The number of hydrogen-bond donors (Lipinski definition) is 1. The largest absolute Gasteiger partial charge is 0.443 e. The summed E-state index contributed by atoms with van der Waals surface area (Å²) >= 11 is 7.00. The van der Waals surface area contributed by atoms with E-state index in [0.29, 0.717) is 12.5 Å². The van der Waals surface area contributed by atoms with Crippen LogP contribution < -0.4 is 5.32 Å². The van der Waals surface area contributed by atoms with Gasteiger partial charge >= 0.3 is 0 Å². The highest BCUT2D eigenvalue weighted by Gasteiger charge is 2.13. The third-order valence-electron chi connectivity index (χ3n) is 2.66. The molecule has 0 aliphatic carbocycles. The van der Waals surface area contributed by atoms with Crippen LogP contribution in [0.4, 0.5) is 0 Å². The fourth-order valence-corrected chi connectivity index (χ4v) is 2.99. The van der Waals surface area contributed by atoms with Gasteiger partial charge < -0.3 is 9.73 Å². The van der Waals surface area contributed by atoms with Crippen molar-refractivity contribution in [3.05, 3.63) is 39.2 Å². The van der Waals surface area contributed by atoms with E-state index in [1.165, 1.54) is 6.39 Å². The average molecular weight is 388 g/mol. The molecule has 0 atom stereocenters. The monoisotopic (exact) mass is 386 g/mol. The van der Waals surface area contributed by atoms with Gasteiger partial charge in [-0.3, -0.25) is 0 Å². The smallest absolute Gasteiger partial charge is 0.181 e. The van der Waals surface area contributed by atoms with Gasteiger partial charge in [0.1, 0.15) is 5.69 Å². The number of nitrogens with zero attached hydrogens (tertiary/aromatic N) is 1. The number of halogens is 2. The Morgan fingerprint density at radius 2 is 2.11 bits per heavy atom. The van der Waals surface area contributed by atoms with Crippen LogP contribution in [0.2, 0.25) is 0 Å². The van der Waals surface area contributed by atoms with Crippen molar-refractivity contribution in [2.24, 2.45) is 5.92 Å². The fourth-order valence-electron chi connectivity index (χ4n) is 1.77. The van der Waals surface area contributed by atoms with Crippen LogP contribution in [0.3, 0.4) is 0 Å². The van der Waals surface area contributed by atoms with Gasteiger partial charge in [0.2, 0.25) is 0 Å². The Hall–Kier alpha value is -0.650. The van der Waals surface area contributed by atoms with Gasteiger partial charge in [0, 0.05) is 21.1 Å². The van der Waals surface area contributed by atoms with Gasteiger partial charge in [-0.1, -0.05) is 29.8 Å². The molecule has 2 rings (SSSR count). The highest BCUT2D eigenvalue weighted by Crippen LogP contribution is 2.32. The standard InChI is InChI=1S/C14H16Br2N2O/c1-9(2)6-17-7-13-14(19-8-18-13)11-4-3-10(15)5-12(11)16/h3-5,8-9,17H,6-7H2,1-2H3. The molecule has 1 heterocycles. The summed E-state index contributed by atoms with van der Waals surface area (Å²) in [6, 6.07) is 6.01. The van der Waals surface area contributed by atoms with Gasteiger partial charge in [-0.2, -0.15) is 0 Å². The van der Waals surface area contributed by atoms with Gasteiger partial charge in [-0.05, 0) is 46.6 Å². The Bertz CT molecular complexity index is 552. The van der Waals surface area contributed by atoms with Crippen molar-refractivity contribution in [1.29, 1.82) is 0 Å². The van der Waals surface area contributed by atoms with Crippen LogP contribution in [0.5, 0.6) is 0 Å². The molecular weight excluding hydrogens is 372 g/mol. The summed E-state index contributed by atoms with van der Waals surface area (Å²) in [5.41, 5.74) is 1.95. The molecule has 0 spiro atoms. The van der Waals surface area contributed by atoms with Crippen molar-refractivity contribution in [2.45, 2.75) is 20.4 Å². The quantitative estimate of drug-likeness (QED) is 0.813. The maximum atomic E-state index is 5.53. The lowest BCUT2D eigenvalue weighted by Crippen LogP contribution is -2.19. The highest BCUT2D eigenvalue weighted by molar-refractivity contribution is 9.11. The summed E-state index contributed by atoms with van der Waals surface area (Å²) < 4.78 is 7.55. The van der Waals surface area contributed by atoms with Gasteiger partial charge in [0.15, 0.2) is 12.2 Å². The summed E-state index contributed by atoms with van der Waals surface area (Å²) in [6.45, 7) is 6.05. The molecule has 0 saturated carbocycles. The molecule has 102 valence electrons. The molecule has 1 aromatic heterocycles. The molecule has 0 unspecified atom stereocenters. The lowest BCUT2D eigenvalue weighted by molar-refractivity contribution is 0.545. The number of rotatable bonds is 5. The number of benzene rings is 1. The maximum Gasteiger partial charge on any atom is 0.181 e. The van der Waals surface area contributed by atoms with Crippen LogP contribution in [0.1, 0.15) is 19.5 Å². The van der Waals surface area contributed by atoms with E-state index >= 15 is 0 Å². The molecule has 0 radical (unpaired) electrons.